The van der Waals surface area contributed by atoms with E-state index in [0.717, 1.165) is 43.0 Å². The van der Waals surface area contributed by atoms with Crippen LogP contribution in [0.1, 0.15) is 97.2 Å². The fourth-order valence-electron chi connectivity index (χ4n) is 9.29. The van der Waals surface area contributed by atoms with Gasteiger partial charge < -0.3 is 28.1 Å². The van der Waals surface area contributed by atoms with E-state index in [-0.39, 0.29) is 41.0 Å². The summed E-state index contributed by atoms with van der Waals surface area (Å²) >= 11 is 3.50. The van der Waals surface area contributed by atoms with Gasteiger partial charge in [0.2, 0.25) is 25.4 Å². The molecule has 0 spiro atoms. The molecular weight excluding hydrogens is 1070 g/mol. The Labute approximate surface area is 449 Å². The highest BCUT2D eigenvalue weighted by Crippen LogP contribution is 2.41. The third-order valence-corrected chi connectivity index (χ3v) is 16.5. The average Bonchev–Trinajstić information content (AvgIpc) is 4.24. The van der Waals surface area contributed by atoms with Crippen molar-refractivity contribution in [2.75, 3.05) is 13.6 Å². The van der Waals surface area contributed by atoms with E-state index in [0.29, 0.717) is 45.3 Å². The van der Waals surface area contributed by atoms with Gasteiger partial charge in [0.25, 0.3) is 20.0 Å². The van der Waals surface area contributed by atoms with Gasteiger partial charge in [0.15, 0.2) is 28.8 Å². The predicted molar refractivity (Wildman–Crippen MR) is 294 cm³/mol. The summed E-state index contributed by atoms with van der Waals surface area (Å²) in [5, 5.41) is 1.62. The zero-order valence-corrected chi connectivity index (χ0v) is 45.9. The lowest BCUT2D eigenvalue weighted by atomic mass is 9.90. The molecule has 0 saturated heterocycles. The van der Waals surface area contributed by atoms with Crippen molar-refractivity contribution in [3.63, 3.8) is 0 Å². The number of ketones is 1. The minimum Gasteiger partial charge on any atom is -0.454 e. The molecule has 2 aromatic heterocycles. The van der Waals surface area contributed by atoms with Crippen LogP contribution in [0, 0.1) is 0 Å². The highest BCUT2D eigenvalue weighted by molar-refractivity contribution is 9.10. The molecular formula is C58H55BrN4O11S2. The summed E-state index contributed by atoms with van der Waals surface area (Å²) < 4.78 is 84.3. The van der Waals surface area contributed by atoms with E-state index in [1.54, 1.807) is 66.7 Å². The summed E-state index contributed by atoms with van der Waals surface area (Å²) in [7, 11) is -4.50. The van der Waals surface area contributed by atoms with Gasteiger partial charge >= 0.3 is 0 Å². The number of fused-ring (bicyclic) bond motifs is 4. The van der Waals surface area contributed by atoms with Gasteiger partial charge in [-0.1, -0.05) is 104 Å². The summed E-state index contributed by atoms with van der Waals surface area (Å²) in [6.07, 6.45) is 6.90. The van der Waals surface area contributed by atoms with Gasteiger partial charge in [-0.25, -0.2) is 26.3 Å². The molecule has 0 bridgehead atoms. The first-order valence-corrected chi connectivity index (χ1v) is 28.1. The van der Waals surface area contributed by atoms with Crippen LogP contribution in [0.2, 0.25) is 0 Å². The van der Waals surface area contributed by atoms with Crippen molar-refractivity contribution in [2.24, 2.45) is 14.1 Å². The van der Waals surface area contributed by atoms with E-state index >= 15 is 0 Å². The van der Waals surface area contributed by atoms with Crippen LogP contribution in [0.3, 0.4) is 0 Å². The molecule has 8 aromatic rings. The maximum absolute atomic E-state index is 13.9. The number of hydrogen-bond donors (Lipinski definition) is 2. The van der Waals surface area contributed by atoms with E-state index in [9.17, 15) is 31.2 Å². The molecule has 6 aromatic carbocycles. The number of rotatable bonds is 14. The van der Waals surface area contributed by atoms with E-state index in [1.165, 1.54) is 37.3 Å². The van der Waals surface area contributed by atoms with Crippen LogP contribution in [0.5, 0.6) is 23.0 Å². The number of amides is 2. The van der Waals surface area contributed by atoms with Gasteiger partial charge in [-0.2, -0.15) is 0 Å². The predicted octanol–water partition coefficient (Wildman–Crippen LogP) is 10.7. The van der Waals surface area contributed by atoms with Crippen molar-refractivity contribution in [1.82, 2.24) is 18.6 Å². The number of benzene rings is 6. The Hall–Kier alpha value is -7.67. The Balaban J connectivity index is 0.000000187. The Morgan fingerprint density at radius 3 is 1.38 bits per heavy atom. The molecule has 76 heavy (non-hydrogen) atoms. The second-order valence-electron chi connectivity index (χ2n) is 19.3. The van der Waals surface area contributed by atoms with Crippen molar-refractivity contribution in [2.45, 2.75) is 68.1 Å². The van der Waals surface area contributed by atoms with Gasteiger partial charge in [0, 0.05) is 52.8 Å². The van der Waals surface area contributed by atoms with Gasteiger partial charge in [-0.3, -0.25) is 14.4 Å². The number of carbonyl (C=O) groups excluding carboxylic acids is 3. The van der Waals surface area contributed by atoms with Crippen molar-refractivity contribution in [1.29, 1.82) is 0 Å². The van der Waals surface area contributed by atoms with Crippen molar-refractivity contribution in [3.05, 3.63) is 183 Å². The summed E-state index contributed by atoms with van der Waals surface area (Å²) in [5.41, 5.74) is 7.03. The third kappa shape index (κ3) is 11.2. The van der Waals surface area contributed by atoms with E-state index < -0.39 is 43.7 Å². The second kappa shape index (κ2) is 21.5. The summed E-state index contributed by atoms with van der Waals surface area (Å²) in [4.78, 5) is 39.1. The standard InChI is InChI=1S/C31H30N2O6S.C27H25BrN2O5S/c1-19(2)22-8-11-24(12-9-22)40(36,37)32-31(35)30(23-10-14-28-29(16-23)39-18-38-28)26-17-33(4)27-15-21(6-5-20(3)34)7-13-25(26)27;1-16(2)17-4-8-20(9-5-17)36(32,33)29-27(31)26(18-6-11-24-25(12-18)35-15-34-24)22-14-30(3)23-13-19(28)7-10-21(22)23/h5-17,19,30H,18H2,1-4H3,(H,32,35);4-14,16,26H,15H2,1-3H3,(H,29,31)/b6-5+;. The van der Waals surface area contributed by atoms with Crippen LogP contribution >= 0.6 is 15.9 Å². The number of carbonyl (C=O) groups is 3. The number of aromatic nitrogens is 2. The second-order valence-corrected chi connectivity index (χ2v) is 23.5. The monoisotopic (exact) mass is 1130 g/mol. The number of sulfonamides is 2. The molecule has 2 aliphatic heterocycles. The minimum atomic E-state index is -4.15. The smallest absolute Gasteiger partial charge is 0.264 e. The van der Waals surface area contributed by atoms with Crippen LogP contribution in [0.4, 0.5) is 0 Å². The zero-order chi connectivity index (χ0) is 54.2. The van der Waals surface area contributed by atoms with Crippen LogP contribution < -0.4 is 28.4 Å². The number of halogens is 1. The number of allylic oxidation sites excluding steroid dienone is 1. The maximum Gasteiger partial charge on any atom is 0.264 e. The quantitative estimate of drug-likeness (QED) is 0.0986. The van der Waals surface area contributed by atoms with Gasteiger partial charge in [0.1, 0.15) is 0 Å². The third-order valence-electron chi connectivity index (χ3n) is 13.3. The minimum absolute atomic E-state index is 0.00880. The Kier molecular flexibility index (Phi) is 15.1. The van der Waals surface area contributed by atoms with Crippen LogP contribution in [0.15, 0.2) is 154 Å². The molecule has 0 radical (unpaired) electrons. The summed E-state index contributed by atoms with van der Waals surface area (Å²) in [6, 6.07) is 34.9. The lowest BCUT2D eigenvalue weighted by Crippen LogP contribution is -2.35. The fourth-order valence-corrected chi connectivity index (χ4v) is 11.6. The Bertz CT molecular complexity index is 3830. The van der Waals surface area contributed by atoms with E-state index in [4.69, 9.17) is 18.9 Å². The molecule has 392 valence electrons. The first-order valence-electron chi connectivity index (χ1n) is 24.3. The molecule has 2 N–H and O–H groups in total. The first kappa shape index (κ1) is 53.2. The van der Waals surface area contributed by atoms with Crippen molar-refractivity contribution >= 4 is 81.5 Å². The highest BCUT2D eigenvalue weighted by atomic mass is 79.9. The Morgan fingerprint density at radius 2 is 0.947 bits per heavy atom. The summed E-state index contributed by atoms with van der Waals surface area (Å²) in [5.74, 6) is -0.650. The van der Waals surface area contributed by atoms with Crippen LogP contribution in [-0.4, -0.2) is 57.2 Å². The first-order chi connectivity index (χ1) is 36.2. The number of hydrogen-bond acceptors (Lipinski definition) is 11. The van der Waals surface area contributed by atoms with E-state index in [1.807, 2.05) is 99.7 Å². The lowest BCUT2D eigenvalue weighted by molar-refractivity contribution is -0.120. The zero-order valence-electron chi connectivity index (χ0n) is 42.7. The molecule has 2 aliphatic rings. The molecule has 0 fully saturated rings. The molecule has 2 amide bonds. The molecule has 18 heteroatoms. The number of aryl methyl sites for hydroxylation is 2. The molecule has 10 rings (SSSR count). The lowest BCUT2D eigenvalue weighted by Gasteiger charge is -2.18. The molecule has 2 unspecified atom stereocenters. The van der Waals surface area contributed by atoms with Gasteiger partial charge in [0.05, 0.1) is 21.6 Å². The molecule has 2 atom stereocenters. The summed E-state index contributed by atoms with van der Waals surface area (Å²) in [6.45, 7) is 9.76. The van der Waals surface area contributed by atoms with E-state index in [2.05, 4.69) is 25.4 Å². The Morgan fingerprint density at radius 1 is 0.539 bits per heavy atom. The number of nitrogens with zero attached hydrogens (tertiary/aromatic N) is 2. The van der Waals surface area contributed by atoms with Gasteiger partial charge in [-0.15, -0.1) is 0 Å². The normalized spacial score (nSPS) is 13.8. The van der Waals surface area contributed by atoms with Crippen LogP contribution in [0.25, 0.3) is 27.9 Å². The number of ether oxygens (including phenoxy) is 4. The highest BCUT2D eigenvalue weighted by Gasteiger charge is 2.33. The molecule has 0 aliphatic carbocycles. The topological polar surface area (TPSA) is 190 Å². The molecule has 0 saturated carbocycles. The van der Waals surface area contributed by atoms with Crippen molar-refractivity contribution < 1.29 is 50.2 Å². The molecule has 4 heterocycles. The maximum atomic E-state index is 13.9. The largest absolute Gasteiger partial charge is 0.454 e. The molecule has 15 nitrogen and oxygen atoms in total. The van der Waals surface area contributed by atoms with Gasteiger partial charge in [-0.05, 0) is 131 Å². The number of nitrogens with one attached hydrogen (secondary N) is 2. The average molecular weight is 1130 g/mol. The van der Waals surface area contributed by atoms with Crippen LogP contribution in [-0.2, 0) is 48.5 Å². The fraction of sp³-hybridized carbons (Fsp3) is 0.224. The SMILES string of the molecule is CC(=O)/C=C/c1ccc2c(C(C(=O)NS(=O)(=O)c3ccc(C(C)C)cc3)c3ccc4c(c3)OCO4)cn(C)c2c1.CC(C)c1ccc(S(=O)(=O)NC(=O)C(c2ccc3c(c2)OCO3)c2cn(C)c3cc(Br)ccc23)cc1. The van der Waals surface area contributed by atoms with Crippen molar-refractivity contribution in [3.8, 4) is 23.0 Å².